The Balaban J connectivity index is 1.17. The Kier molecular flexibility index (Phi) is 6.85. The molecule has 0 atom stereocenters. The van der Waals surface area contributed by atoms with E-state index in [1.54, 1.807) is 31.4 Å². The van der Waals surface area contributed by atoms with Gasteiger partial charge in [0.25, 0.3) is 11.8 Å². The molecule has 7 nitrogen and oxygen atoms in total. The van der Waals surface area contributed by atoms with Crippen LogP contribution in [0, 0.1) is 0 Å². The van der Waals surface area contributed by atoms with Gasteiger partial charge in [-0.1, -0.05) is 24.3 Å². The molecule has 2 aromatic carbocycles. The number of amides is 3. The SMILES string of the molecule is COc1ccc(CCN2CCN(C(=O)CCCN3C(=O)c4ccccc4C3=O)CC2)cc1. The Morgan fingerprint density at radius 2 is 1.50 bits per heavy atom. The fourth-order valence-corrected chi connectivity index (χ4v) is 4.29. The Bertz CT molecular complexity index is 946. The minimum absolute atomic E-state index is 0.0939. The molecular weight excluding hydrogens is 406 g/mol. The zero-order valence-corrected chi connectivity index (χ0v) is 18.5. The van der Waals surface area contributed by atoms with E-state index in [0.717, 1.165) is 31.8 Å². The average molecular weight is 436 g/mol. The number of fused-ring (bicyclic) bond motifs is 1. The molecule has 0 aromatic heterocycles. The van der Waals surface area contributed by atoms with Crippen LogP contribution in [0.15, 0.2) is 48.5 Å². The number of nitrogens with zero attached hydrogens (tertiary/aromatic N) is 3. The second kappa shape index (κ2) is 9.96. The van der Waals surface area contributed by atoms with Gasteiger partial charge in [-0.3, -0.25) is 24.2 Å². The summed E-state index contributed by atoms with van der Waals surface area (Å²) in [6, 6.07) is 15.0. The molecule has 1 saturated heterocycles. The van der Waals surface area contributed by atoms with Gasteiger partial charge in [0.2, 0.25) is 5.91 Å². The maximum atomic E-state index is 12.6. The molecule has 4 rings (SSSR count). The molecule has 2 heterocycles. The molecule has 168 valence electrons. The Hall–Kier alpha value is -3.19. The average Bonchev–Trinajstić information content (AvgIpc) is 3.08. The maximum absolute atomic E-state index is 12.6. The molecule has 0 saturated carbocycles. The van der Waals surface area contributed by atoms with Crippen molar-refractivity contribution in [3.05, 3.63) is 65.2 Å². The molecule has 0 unspecified atom stereocenters. The zero-order valence-electron chi connectivity index (χ0n) is 18.5. The van der Waals surface area contributed by atoms with Crippen LogP contribution < -0.4 is 4.74 Å². The third kappa shape index (κ3) is 4.83. The quantitative estimate of drug-likeness (QED) is 0.596. The van der Waals surface area contributed by atoms with Crippen molar-refractivity contribution in [1.29, 1.82) is 0 Å². The van der Waals surface area contributed by atoms with Gasteiger partial charge in [-0.05, 0) is 42.7 Å². The highest BCUT2D eigenvalue weighted by Crippen LogP contribution is 2.22. The number of hydrogen-bond acceptors (Lipinski definition) is 5. The van der Waals surface area contributed by atoms with Crippen LogP contribution in [0.25, 0.3) is 0 Å². The summed E-state index contributed by atoms with van der Waals surface area (Å²) in [7, 11) is 1.67. The minimum Gasteiger partial charge on any atom is -0.497 e. The first-order valence-electron chi connectivity index (χ1n) is 11.1. The van der Waals surface area contributed by atoms with Crippen LogP contribution in [-0.4, -0.2) is 78.8 Å². The van der Waals surface area contributed by atoms with Gasteiger partial charge < -0.3 is 9.64 Å². The van der Waals surface area contributed by atoms with E-state index in [1.165, 1.54) is 10.5 Å². The van der Waals surface area contributed by atoms with Gasteiger partial charge in [-0.25, -0.2) is 0 Å². The van der Waals surface area contributed by atoms with Gasteiger partial charge in [0.05, 0.1) is 18.2 Å². The van der Waals surface area contributed by atoms with Crippen LogP contribution in [-0.2, 0) is 11.2 Å². The molecule has 0 bridgehead atoms. The highest BCUT2D eigenvalue weighted by atomic mass is 16.5. The number of hydrogen-bond donors (Lipinski definition) is 0. The minimum atomic E-state index is -0.261. The summed E-state index contributed by atoms with van der Waals surface area (Å²) in [4.78, 5) is 43.0. The second-order valence-corrected chi connectivity index (χ2v) is 8.23. The predicted molar refractivity (Wildman–Crippen MR) is 121 cm³/mol. The van der Waals surface area contributed by atoms with E-state index in [-0.39, 0.29) is 24.3 Å². The highest BCUT2D eigenvalue weighted by Gasteiger charge is 2.34. The monoisotopic (exact) mass is 435 g/mol. The molecule has 0 radical (unpaired) electrons. The lowest BCUT2D eigenvalue weighted by atomic mass is 10.1. The van der Waals surface area contributed by atoms with Crippen molar-refractivity contribution in [3.63, 3.8) is 0 Å². The summed E-state index contributed by atoms with van der Waals surface area (Å²) in [6.45, 7) is 4.40. The Morgan fingerprint density at radius 1 is 0.875 bits per heavy atom. The largest absolute Gasteiger partial charge is 0.497 e. The first-order valence-corrected chi connectivity index (χ1v) is 11.1. The highest BCUT2D eigenvalue weighted by molar-refractivity contribution is 6.21. The molecule has 0 aliphatic carbocycles. The number of methoxy groups -OCH3 is 1. The van der Waals surface area contributed by atoms with Gasteiger partial charge in [-0.15, -0.1) is 0 Å². The van der Waals surface area contributed by atoms with Crippen molar-refractivity contribution < 1.29 is 19.1 Å². The topological polar surface area (TPSA) is 70.2 Å². The van der Waals surface area contributed by atoms with Crippen molar-refractivity contribution in [2.45, 2.75) is 19.3 Å². The van der Waals surface area contributed by atoms with E-state index in [1.807, 2.05) is 17.0 Å². The van der Waals surface area contributed by atoms with Gasteiger partial charge in [0.15, 0.2) is 0 Å². The molecule has 2 aliphatic heterocycles. The summed E-state index contributed by atoms with van der Waals surface area (Å²) in [6.07, 6.45) is 1.81. The lowest BCUT2D eigenvalue weighted by Crippen LogP contribution is -2.49. The van der Waals surface area contributed by atoms with Crippen LogP contribution >= 0.6 is 0 Å². The van der Waals surface area contributed by atoms with E-state index >= 15 is 0 Å². The number of carbonyl (C=O) groups excluding carboxylic acids is 3. The van der Waals surface area contributed by atoms with Crippen LogP contribution in [0.1, 0.15) is 39.1 Å². The lowest BCUT2D eigenvalue weighted by Gasteiger charge is -2.35. The van der Waals surface area contributed by atoms with Crippen molar-refractivity contribution in [2.75, 3.05) is 46.4 Å². The lowest BCUT2D eigenvalue weighted by molar-refractivity contribution is -0.133. The Labute approximate surface area is 188 Å². The van der Waals surface area contributed by atoms with Gasteiger partial charge >= 0.3 is 0 Å². The normalized spacial score (nSPS) is 16.4. The molecule has 3 amide bonds. The van der Waals surface area contributed by atoms with E-state index in [9.17, 15) is 14.4 Å². The van der Waals surface area contributed by atoms with Crippen LogP contribution in [0.3, 0.4) is 0 Å². The molecule has 0 spiro atoms. The maximum Gasteiger partial charge on any atom is 0.261 e. The van der Waals surface area contributed by atoms with Crippen molar-refractivity contribution >= 4 is 17.7 Å². The summed E-state index contributed by atoms with van der Waals surface area (Å²) in [5, 5.41) is 0. The molecule has 0 N–H and O–H groups in total. The number of benzene rings is 2. The standard InChI is InChI=1S/C25H29N3O4/c1-32-20-10-8-19(9-11-20)12-14-26-15-17-27(18-16-26)23(29)7-4-13-28-24(30)21-5-2-3-6-22(21)25(28)31/h2-3,5-6,8-11H,4,7,12-18H2,1H3. The smallest absolute Gasteiger partial charge is 0.261 e. The molecule has 2 aliphatic rings. The summed E-state index contributed by atoms with van der Waals surface area (Å²) < 4.78 is 5.20. The van der Waals surface area contributed by atoms with Crippen LogP contribution in [0.4, 0.5) is 0 Å². The molecule has 32 heavy (non-hydrogen) atoms. The van der Waals surface area contributed by atoms with Crippen LogP contribution in [0.5, 0.6) is 5.75 Å². The van der Waals surface area contributed by atoms with Crippen molar-refractivity contribution in [1.82, 2.24) is 14.7 Å². The molecular formula is C25H29N3O4. The van der Waals surface area contributed by atoms with Crippen LogP contribution in [0.2, 0.25) is 0 Å². The fourth-order valence-electron chi connectivity index (χ4n) is 4.29. The Morgan fingerprint density at radius 3 is 2.09 bits per heavy atom. The molecule has 1 fully saturated rings. The van der Waals surface area contributed by atoms with Crippen molar-refractivity contribution in [3.8, 4) is 5.75 Å². The molecule has 7 heteroatoms. The number of imide groups is 1. The van der Waals surface area contributed by atoms with E-state index in [4.69, 9.17) is 4.74 Å². The number of carbonyl (C=O) groups is 3. The number of ether oxygens (including phenoxy) is 1. The third-order valence-electron chi connectivity index (χ3n) is 6.25. The van der Waals surface area contributed by atoms with Gasteiger partial charge in [0.1, 0.15) is 5.75 Å². The van der Waals surface area contributed by atoms with E-state index < -0.39 is 0 Å². The summed E-state index contributed by atoms with van der Waals surface area (Å²) >= 11 is 0. The van der Waals surface area contributed by atoms with E-state index in [0.29, 0.717) is 37.1 Å². The van der Waals surface area contributed by atoms with E-state index in [2.05, 4.69) is 17.0 Å². The van der Waals surface area contributed by atoms with Gasteiger partial charge in [0, 0.05) is 45.7 Å². The number of rotatable bonds is 8. The zero-order chi connectivity index (χ0) is 22.5. The summed E-state index contributed by atoms with van der Waals surface area (Å²) in [5.41, 5.74) is 2.18. The van der Waals surface area contributed by atoms with Crippen molar-refractivity contribution in [2.24, 2.45) is 0 Å². The first kappa shape index (κ1) is 22.0. The molecule has 2 aromatic rings. The number of piperazine rings is 1. The van der Waals surface area contributed by atoms with Gasteiger partial charge in [-0.2, -0.15) is 0 Å². The fraction of sp³-hybridized carbons (Fsp3) is 0.400. The second-order valence-electron chi connectivity index (χ2n) is 8.23. The summed E-state index contributed by atoms with van der Waals surface area (Å²) in [5.74, 6) is 0.437. The third-order valence-corrected chi connectivity index (χ3v) is 6.25. The predicted octanol–water partition coefficient (Wildman–Crippen LogP) is 2.46. The first-order chi connectivity index (χ1) is 15.6.